The van der Waals surface area contributed by atoms with E-state index in [1.165, 1.54) is 13.2 Å². The maximum absolute atomic E-state index is 9.68. The van der Waals surface area contributed by atoms with Gasteiger partial charge in [-0.25, -0.2) is 0 Å². The molecule has 0 aliphatic rings. The van der Waals surface area contributed by atoms with Crippen LogP contribution < -0.4 is 19.7 Å². The molecule has 0 bridgehead atoms. The molecule has 23 heavy (non-hydrogen) atoms. The molecule has 122 valence electrons. The lowest BCUT2D eigenvalue weighted by atomic mass is 9.75. The number of aliphatic hydroxyl groups is 1. The molecule has 7 heteroatoms. The molecule has 0 heterocycles. The zero-order valence-electron chi connectivity index (χ0n) is 13.0. The Bertz CT molecular complexity index is 646. The lowest BCUT2D eigenvalue weighted by molar-refractivity contribution is 0.116. The second kappa shape index (κ2) is 7.87. The van der Waals surface area contributed by atoms with Crippen LogP contribution in [0.2, 0.25) is 0 Å². The van der Waals surface area contributed by atoms with Crippen molar-refractivity contribution in [3.05, 3.63) is 48.0 Å². The van der Waals surface area contributed by atoms with Crippen molar-refractivity contribution in [2.75, 3.05) is 20.8 Å². The molecule has 2 rings (SSSR count). The summed E-state index contributed by atoms with van der Waals surface area (Å²) >= 11 is 0. The lowest BCUT2D eigenvalue weighted by Gasteiger charge is -2.21. The molecule has 0 spiro atoms. The van der Waals surface area contributed by atoms with Gasteiger partial charge in [-0.3, -0.25) is 0 Å². The van der Waals surface area contributed by atoms with E-state index >= 15 is 0 Å². The quantitative estimate of drug-likeness (QED) is 0.644. The zero-order valence-corrected chi connectivity index (χ0v) is 13.0. The van der Waals surface area contributed by atoms with Gasteiger partial charge in [-0.05, 0) is 35.3 Å². The van der Waals surface area contributed by atoms with Crippen molar-refractivity contribution in [2.24, 2.45) is 0 Å². The number of aliphatic hydroxyl groups excluding tert-OH is 1. The zero-order chi connectivity index (χ0) is 16.8. The molecule has 0 aromatic heterocycles. The second-order valence-corrected chi connectivity index (χ2v) is 4.84. The van der Waals surface area contributed by atoms with Crippen molar-refractivity contribution in [3.8, 4) is 17.2 Å². The van der Waals surface area contributed by atoms with Crippen molar-refractivity contribution in [3.63, 3.8) is 0 Å². The van der Waals surface area contributed by atoms with Gasteiger partial charge >= 0.3 is 7.12 Å². The van der Waals surface area contributed by atoms with Crippen LogP contribution in [0.25, 0.3) is 0 Å². The molecule has 3 N–H and O–H groups in total. The molecule has 2 aromatic rings. The van der Waals surface area contributed by atoms with Gasteiger partial charge in [0.05, 0.1) is 20.8 Å². The molecule has 0 aliphatic heterocycles. The molecule has 6 nitrogen and oxygen atoms in total. The monoisotopic (exact) mass is 318 g/mol. The number of rotatable bonds is 7. The average Bonchev–Trinajstić information content (AvgIpc) is 2.59. The van der Waals surface area contributed by atoms with E-state index in [4.69, 9.17) is 14.2 Å². The molecule has 2 aromatic carbocycles. The Kier molecular flexibility index (Phi) is 5.87. The van der Waals surface area contributed by atoms with Crippen LogP contribution in [-0.2, 0) is 0 Å². The minimum Gasteiger partial charge on any atom is -0.497 e. The van der Waals surface area contributed by atoms with Crippen molar-refractivity contribution in [1.29, 1.82) is 0 Å². The number of hydrogen-bond acceptors (Lipinski definition) is 6. The standard InChI is InChI=1S/C16H19BO6/c1-21-11-4-3-5-13(8-11)23-16(10-18)14-9-12(22-2)6-7-15(14)17(19)20/h3-9,16,18-20H,10H2,1-2H3/t16-/m0/s1. The number of hydrogen-bond donors (Lipinski definition) is 3. The first-order valence-electron chi connectivity index (χ1n) is 7.04. The van der Waals surface area contributed by atoms with Crippen molar-refractivity contribution in [1.82, 2.24) is 0 Å². The molecule has 1 atom stereocenters. The van der Waals surface area contributed by atoms with Gasteiger partial charge in [0.1, 0.15) is 23.4 Å². The highest BCUT2D eigenvalue weighted by molar-refractivity contribution is 6.59. The number of ether oxygens (including phenoxy) is 3. The third-order valence-corrected chi connectivity index (χ3v) is 3.40. The molecule has 0 fully saturated rings. The molecule has 0 saturated heterocycles. The fourth-order valence-corrected chi connectivity index (χ4v) is 2.23. The smallest absolute Gasteiger partial charge is 0.488 e. The van der Waals surface area contributed by atoms with Crippen molar-refractivity contribution < 1.29 is 29.4 Å². The van der Waals surface area contributed by atoms with E-state index in [2.05, 4.69) is 0 Å². The van der Waals surface area contributed by atoms with Crippen LogP contribution in [0, 0.1) is 0 Å². The van der Waals surface area contributed by atoms with Crippen LogP contribution in [0.15, 0.2) is 42.5 Å². The van der Waals surface area contributed by atoms with E-state index in [1.807, 2.05) is 0 Å². The summed E-state index contributed by atoms with van der Waals surface area (Å²) in [5, 5.41) is 28.7. The first kappa shape index (κ1) is 17.1. The van der Waals surface area contributed by atoms with Gasteiger partial charge in [-0.2, -0.15) is 0 Å². The van der Waals surface area contributed by atoms with Crippen LogP contribution in [0.1, 0.15) is 11.7 Å². The largest absolute Gasteiger partial charge is 0.497 e. The van der Waals surface area contributed by atoms with Gasteiger partial charge in [-0.15, -0.1) is 0 Å². The summed E-state index contributed by atoms with van der Waals surface area (Å²) in [4.78, 5) is 0. The van der Waals surface area contributed by atoms with Gasteiger partial charge in [0, 0.05) is 6.07 Å². The molecule has 0 radical (unpaired) electrons. The Labute approximate surface area is 135 Å². The van der Waals surface area contributed by atoms with Crippen molar-refractivity contribution >= 4 is 12.6 Å². The van der Waals surface area contributed by atoms with Crippen LogP contribution in [0.4, 0.5) is 0 Å². The number of methoxy groups -OCH3 is 2. The third-order valence-electron chi connectivity index (χ3n) is 3.40. The Balaban J connectivity index is 2.35. The Morgan fingerprint density at radius 1 is 0.957 bits per heavy atom. The summed E-state index contributed by atoms with van der Waals surface area (Å²) in [5.41, 5.74) is 0.678. The highest BCUT2D eigenvalue weighted by Crippen LogP contribution is 2.26. The predicted molar refractivity (Wildman–Crippen MR) is 86.3 cm³/mol. The molecular formula is C16H19BO6. The Morgan fingerprint density at radius 2 is 1.61 bits per heavy atom. The third kappa shape index (κ3) is 4.16. The first-order valence-corrected chi connectivity index (χ1v) is 7.04. The summed E-state index contributed by atoms with van der Waals surface area (Å²) in [6.07, 6.45) is -0.783. The van der Waals surface area contributed by atoms with E-state index in [0.29, 0.717) is 22.8 Å². The molecular weight excluding hydrogens is 299 g/mol. The highest BCUT2D eigenvalue weighted by Gasteiger charge is 2.24. The lowest BCUT2D eigenvalue weighted by Crippen LogP contribution is -2.35. The summed E-state index contributed by atoms with van der Waals surface area (Å²) < 4.78 is 16.1. The average molecular weight is 318 g/mol. The van der Waals surface area contributed by atoms with Gasteiger partial charge in [-0.1, -0.05) is 12.1 Å². The molecule has 0 amide bonds. The maximum Gasteiger partial charge on any atom is 0.488 e. The van der Waals surface area contributed by atoms with E-state index in [9.17, 15) is 15.2 Å². The van der Waals surface area contributed by atoms with E-state index in [0.717, 1.165) is 0 Å². The van der Waals surface area contributed by atoms with Crippen molar-refractivity contribution in [2.45, 2.75) is 6.10 Å². The van der Waals surface area contributed by atoms with Crippen LogP contribution in [0.3, 0.4) is 0 Å². The second-order valence-electron chi connectivity index (χ2n) is 4.84. The summed E-state index contributed by atoms with van der Waals surface area (Å²) in [6.45, 7) is -0.343. The highest BCUT2D eigenvalue weighted by atomic mass is 16.5. The minimum absolute atomic E-state index is 0.243. The summed E-state index contributed by atoms with van der Waals surface area (Å²) in [5.74, 6) is 1.63. The van der Waals surface area contributed by atoms with Crippen LogP contribution in [0.5, 0.6) is 17.2 Å². The molecule has 0 aliphatic carbocycles. The fourth-order valence-electron chi connectivity index (χ4n) is 2.23. The van der Waals surface area contributed by atoms with Crippen LogP contribution in [-0.4, -0.2) is 43.1 Å². The SMILES string of the molecule is COc1cccc(O[C@@H](CO)c2cc(OC)ccc2B(O)O)c1. The van der Waals surface area contributed by atoms with E-state index < -0.39 is 13.2 Å². The molecule has 0 unspecified atom stereocenters. The first-order chi connectivity index (χ1) is 11.1. The van der Waals surface area contributed by atoms with E-state index in [1.54, 1.807) is 43.5 Å². The molecule has 0 saturated carbocycles. The normalized spacial score (nSPS) is 11.7. The van der Waals surface area contributed by atoms with Gasteiger partial charge in [0.15, 0.2) is 0 Å². The van der Waals surface area contributed by atoms with Crippen LogP contribution >= 0.6 is 0 Å². The Morgan fingerprint density at radius 3 is 2.22 bits per heavy atom. The van der Waals surface area contributed by atoms with Gasteiger partial charge in [0.2, 0.25) is 0 Å². The van der Waals surface area contributed by atoms with Gasteiger partial charge < -0.3 is 29.4 Å². The fraction of sp³-hybridized carbons (Fsp3) is 0.250. The minimum atomic E-state index is -1.68. The van der Waals surface area contributed by atoms with E-state index in [-0.39, 0.29) is 12.1 Å². The van der Waals surface area contributed by atoms with Gasteiger partial charge in [0.25, 0.3) is 0 Å². The Hall–Kier alpha value is -2.22. The topological polar surface area (TPSA) is 88.4 Å². The maximum atomic E-state index is 9.68. The number of benzene rings is 2. The summed E-state index contributed by atoms with van der Waals surface area (Å²) in [7, 11) is 1.37. The summed E-state index contributed by atoms with van der Waals surface area (Å²) in [6, 6.07) is 11.7. The predicted octanol–water partition coefficient (Wildman–Crippen LogP) is 0.496.